The normalized spacial score (nSPS) is 14.5. The second kappa shape index (κ2) is 12.4. The fraction of sp³-hybridized carbons (Fsp3) is 0.0196. The highest BCUT2D eigenvalue weighted by atomic mass is 16.3. The van der Waals surface area contributed by atoms with Crippen LogP contribution in [0.15, 0.2) is 202 Å². The van der Waals surface area contributed by atoms with E-state index in [-0.39, 0.29) is 0 Å². The van der Waals surface area contributed by atoms with Crippen molar-refractivity contribution in [3.8, 4) is 16.8 Å². The molecule has 1 aliphatic heterocycles. The van der Waals surface area contributed by atoms with E-state index in [4.69, 9.17) is 14.4 Å². The van der Waals surface area contributed by atoms with Crippen LogP contribution in [0, 0.1) is 0 Å². The lowest BCUT2D eigenvalue weighted by atomic mass is 9.99. The lowest BCUT2D eigenvalue weighted by molar-refractivity contribution is 0.649. The van der Waals surface area contributed by atoms with Crippen LogP contribution in [-0.2, 0) is 0 Å². The highest BCUT2D eigenvalue weighted by molar-refractivity contribution is 6.19. The molecule has 3 aromatic heterocycles. The summed E-state index contributed by atoms with van der Waals surface area (Å²) in [5.74, 6) is 1.39. The Morgan fingerprint density at radius 1 is 0.456 bits per heavy atom. The van der Waals surface area contributed by atoms with Crippen LogP contribution in [0.5, 0.6) is 0 Å². The highest BCUT2D eigenvalue weighted by Gasteiger charge is 2.26. The Balaban J connectivity index is 1.03. The Morgan fingerprint density at radius 2 is 1.07 bits per heavy atom. The summed E-state index contributed by atoms with van der Waals surface area (Å²) < 4.78 is 11.4. The molecule has 0 amide bonds. The van der Waals surface area contributed by atoms with Gasteiger partial charge < -0.3 is 14.3 Å². The molecular formula is C51H33N5O. The molecule has 57 heavy (non-hydrogen) atoms. The number of fused-ring (bicyclic) bond motifs is 9. The predicted octanol–water partition coefficient (Wildman–Crippen LogP) is 12.4. The molecule has 12 rings (SSSR count). The molecule has 6 nitrogen and oxygen atoms in total. The minimum absolute atomic E-state index is 0.418. The van der Waals surface area contributed by atoms with Crippen molar-refractivity contribution in [3.05, 3.63) is 199 Å². The first-order valence-electron chi connectivity index (χ1n) is 19.3. The largest absolute Gasteiger partial charge is 0.456 e. The summed E-state index contributed by atoms with van der Waals surface area (Å²) in [5, 5.41) is 10.7. The van der Waals surface area contributed by atoms with Crippen molar-refractivity contribution in [3.63, 3.8) is 0 Å². The Labute approximate surface area is 327 Å². The number of hydrogen-bond acceptors (Lipinski definition) is 4. The molecule has 11 aromatic rings. The Bertz CT molecular complexity index is 3390. The van der Waals surface area contributed by atoms with Crippen molar-refractivity contribution < 1.29 is 4.42 Å². The summed E-state index contributed by atoms with van der Waals surface area (Å²) >= 11 is 0. The van der Waals surface area contributed by atoms with E-state index < -0.39 is 6.17 Å². The Hall–Kier alpha value is -7.70. The molecule has 0 spiro atoms. The fourth-order valence-electron chi connectivity index (χ4n) is 8.90. The first kappa shape index (κ1) is 31.6. The molecule has 268 valence electrons. The van der Waals surface area contributed by atoms with Crippen LogP contribution in [-0.4, -0.2) is 20.9 Å². The average molecular weight is 732 g/mol. The lowest BCUT2D eigenvalue weighted by Gasteiger charge is -2.24. The zero-order valence-electron chi connectivity index (χ0n) is 30.7. The van der Waals surface area contributed by atoms with E-state index in [0.717, 1.165) is 66.8 Å². The number of nitrogens with one attached hydrogen (secondary N) is 1. The van der Waals surface area contributed by atoms with E-state index in [9.17, 15) is 0 Å². The molecular weight excluding hydrogens is 699 g/mol. The molecule has 6 heteroatoms. The third-order valence-electron chi connectivity index (χ3n) is 11.4. The number of hydrogen-bond donors (Lipinski definition) is 1. The van der Waals surface area contributed by atoms with Crippen LogP contribution in [0.3, 0.4) is 0 Å². The monoisotopic (exact) mass is 731 g/mol. The number of rotatable bonds is 4. The van der Waals surface area contributed by atoms with Gasteiger partial charge in [-0.2, -0.15) is 4.99 Å². The van der Waals surface area contributed by atoms with Crippen molar-refractivity contribution in [1.29, 1.82) is 0 Å². The van der Waals surface area contributed by atoms with E-state index in [1.165, 1.54) is 32.7 Å². The van der Waals surface area contributed by atoms with E-state index >= 15 is 0 Å². The fourth-order valence-corrected chi connectivity index (χ4v) is 8.90. The number of amidine groups is 1. The van der Waals surface area contributed by atoms with Gasteiger partial charge in [0.25, 0.3) is 0 Å². The maximum absolute atomic E-state index is 6.74. The van der Waals surface area contributed by atoms with E-state index in [1.54, 1.807) is 0 Å². The number of para-hydroxylation sites is 3. The number of aliphatic imine (C=N–C) groups is 2. The highest BCUT2D eigenvalue weighted by Crippen LogP contribution is 2.42. The van der Waals surface area contributed by atoms with Gasteiger partial charge in [-0.05, 0) is 59.7 Å². The van der Waals surface area contributed by atoms with Crippen LogP contribution < -0.4 is 5.32 Å². The third kappa shape index (κ3) is 4.84. The summed E-state index contributed by atoms with van der Waals surface area (Å²) in [5.41, 5.74) is 11.6. The van der Waals surface area contributed by atoms with Gasteiger partial charge in [0, 0.05) is 38.1 Å². The summed E-state index contributed by atoms with van der Waals surface area (Å²) in [6.07, 6.45) is -0.418. The smallest absolute Gasteiger partial charge is 0.211 e. The van der Waals surface area contributed by atoms with Crippen molar-refractivity contribution in [2.24, 2.45) is 9.98 Å². The van der Waals surface area contributed by atoms with E-state index in [0.29, 0.717) is 5.84 Å². The summed E-state index contributed by atoms with van der Waals surface area (Å²) in [4.78, 5) is 10.4. The van der Waals surface area contributed by atoms with E-state index in [2.05, 4.69) is 184 Å². The topological polar surface area (TPSA) is 59.8 Å². The maximum atomic E-state index is 6.74. The summed E-state index contributed by atoms with van der Waals surface area (Å²) in [6, 6.07) is 66.1. The summed E-state index contributed by atoms with van der Waals surface area (Å²) in [6.45, 7) is 0. The van der Waals surface area contributed by atoms with Crippen LogP contribution >= 0.6 is 0 Å². The van der Waals surface area contributed by atoms with Gasteiger partial charge in [0.2, 0.25) is 5.96 Å². The van der Waals surface area contributed by atoms with Crippen molar-refractivity contribution in [2.45, 2.75) is 6.17 Å². The minimum Gasteiger partial charge on any atom is -0.456 e. The molecule has 0 radical (unpaired) electrons. The standard InChI is InChI=1S/C51H33N5O/c1-3-15-32(16-4-1)35-22-13-26-43-47(35)38-21-9-12-25-42(38)55(43)44-27-14-28-45-48(44)39-30-29-34(31-46(39)57-45)50-52-49(33-17-5-2-6-18-33)53-51(54-50)56-40-23-10-7-19-36(40)37-20-8-11-24-41(37)56/h1-31,50H,(H,52,53,54). The molecule has 8 aromatic carbocycles. The molecule has 4 heterocycles. The van der Waals surface area contributed by atoms with Gasteiger partial charge in [0.05, 0.1) is 33.1 Å². The van der Waals surface area contributed by atoms with Crippen LogP contribution in [0.2, 0.25) is 0 Å². The third-order valence-corrected chi connectivity index (χ3v) is 11.4. The molecule has 1 unspecified atom stereocenters. The molecule has 0 aliphatic carbocycles. The van der Waals surface area contributed by atoms with Gasteiger partial charge in [0.1, 0.15) is 17.3 Å². The van der Waals surface area contributed by atoms with Crippen LogP contribution in [0.4, 0.5) is 0 Å². The molecule has 1 N–H and O–H groups in total. The molecule has 0 saturated heterocycles. The first-order valence-corrected chi connectivity index (χ1v) is 19.3. The Kier molecular flexibility index (Phi) is 6.89. The van der Waals surface area contributed by atoms with Crippen molar-refractivity contribution in [2.75, 3.05) is 0 Å². The van der Waals surface area contributed by atoms with Crippen molar-refractivity contribution >= 4 is 77.3 Å². The second-order valence-corrected chi connectivity index (χ2v) is 14.6. The van der Waals surface area contributed by atoms with Crippen LogP contribution in [0.25, 0.3) is 82.4 Å². The number of furan rings is 1. The molecule has 0 fully saturated rings. The summed E-state index contributed by atoms with van der Waals surface area (Å²) in [7, 11) is 0. The zero-order chi connectivity index (χ0) is 37.5. The van der Waals surface area contributed by atoms with Gasteiger partial charge in [-0.15, -0.1) is 0 Å². The Morgan fingerprint density at radius 3 is 1.81 bits per heavy atom. The minimum atomic E-state index is -0.418. The molecule has 1 aliphatic rings. The quantitative estimate of drug-likeness (QED) is 0.196. The van der Waals surface area contributed by atoms with Crippen LogP contribution in [0.1, 0.15) is 17.3 Å². The SMILES string of the molecule is c1ccc(C2=NC(c3ccc4c(c3)oc3cccc(-n5c6ccccc6c6c(-c7ccccc7)cccc65)c34)NC(n3c4ccccc4c4ccccc43)=N2)cc1. The molecule has 0 saturated carbocycles. The van der Waals surface area contributed by atoms with E-state index in [1.807, 2.05) is 18.2 Å². The molecule has 0 bridgehead atoms. The lowest BCUT2D eigenvalue weighted by Crippen LogP contribution is -2.37. The predicted molar refractivity (Wildman–Crippen MR) is 235 cm³/mol. The average Bonchev–Trinajstić information content (AvgIpc) is 3.94. The van der Waals surface area contributed by atoms with Crippen molar-refractivity contribution in [1.82, 2.24) is 14.5 Å². The zero-order valence-corrected chi connectivity index (χ0v) is 30.7. The molecule has 1 atom stereocenters. The number of nitrogens with zero attached hydrogens (tertiary/aromatic N) is 4. The second-order valence-electron chi connectivity index (χ2n) is 14.6. The number of benzene rings is 8. The maximum Gasteiger partial charge on any atom is 0.211 e. The van der Waals surface area contributed by atoms with Gasteiger partial charge in [0.15, 0.2) is 5.84 Å². The van der Waals surface area contributed by atoms with Gasteiger partial charge in [-0.1, -0.05) is 140 Å². The van der Waals surface area contributed by atoms with Gasteiger partial charge in [-0.25, -0.2) is 4.99 Å². The first-order chi connectivity index (χ1) is 28.3. The van der Waals surface area contributed by atoms with Gasteiger partial charge in [-0.3, -0.25) is 4.57 Å². The number of aromatic nitrogens is 2. The van der Waals surface area contributed by atoms with Gasteiger partial charge >= 0.3 is 0 Å².